The summed E-state index contributed by atoms with van der Waals surface area (Å²) in [5.74, 6) is 0.245. The molecule has 0 aliphatic heterocycles. The molecule has 4 aromatic rings. The summed E-state index contributed by atoms with van der Waals surface area (Å²) in [7, 11) is -3.90. The van der Waals surface area contributed by atoms with Gasteiger partial charge in [-0.05, 0) is 48.5 Å². The van der Waals surface area contributed by atoms with Gasteiger partial charge in [0, 0.05) is 5.56 Å². The van der Waals surface area contributed by atoms with Crippen molar-refractivity contribution in [2.45, 2.75) is 11.1 Å². The van der Waals surface area contributed by atoms with Gasteiger partial charge < -0.3 is 5.11 Å². The number of aromatic nitrogens is 3. The first-order chi connectivity index (χ1) is 15.0. The monoisotopic (exact) mass is 460 g/mol. The first kappa shape index (κ1) is 21.5. The largest absolute Gasteiger partial charge is 0.507 e. The second kappa shape index (κ2) is 7.77. The minimum Gasteiger partial charge on any atom is -0.507 e. The Labute approximate surface area is 180 Å². The number of sulfonamides is 1. The molecular formula is C21H15F3N4O3S. The van der Waals surface area contributed by atoms with Crippen LogP contribution in [0.3, 0.4) is 0 Å². The van der Waals surface area contributed by atoms with Crippen molar-refractivity contribution in [3.05, 3.63) is 78.4 Å². The van der Waals surface area contributed by atoms with Gasteiger partial charge >= 0.3 is 6.18 Å². The summed E-state index contributed by atoms with van der Waals surface area (Å²) in [6.07, 6.45) is -4.47. The van der Waals surface area contributed by atoms with E-state index in [1.54, 1.807) is 18.2 Å². The number of alkyl halides is 3. The summed E-state index contributed by atoms with van der Waals surface area (Å²) < 4.78 is 63.1. The SMILES string of the molecule is NS(=O)(=O)c1ccc(-n2nc(-c3ccc(C(F)(F)F)cc3)nc2-c2ccccc2O)cc1. The van der Waals surface area contributed by atoms with Crippen LogP contribution in [0, 0.1) is 0 Å². The first-order valence-electron chi connectivity index (χ1n) is 9.10. The second-order valence-corrected chi connectivity index (χ2v) is 8.36. The molecule has 32 heavy (non-hydrogen) atoms. The Morgan fingerprint density at radius 1 is 0.906 bits per heavy atom. The van der Waals surface area contributed by atoms with Gasteiger partial charge in [-0.25, -0.2) is 23.2 Å². The van der Waals surface area contributed by atoms with Gasteiger partial charge in [-0.2, -0.15) is 13.2 Å². The predicted molar refractivity (Wildman–Crippen MR) is 110 cm³/mol. The van der Waals surface area contributed by atoms with E-state index in [1.165, 1.54) is 47.1 Å². The molecule has 0 atom stereocenters. The van der Waals surface area contributed by atoms with E-state index in [1.807, 2.05) is 0 Å². The van der Waals surface area contributed by atoms with E-state index >= 15 is 0 Å². The van der Waals surface area contributed by atoms with Gasteiger partial charge in [-0.3, -0.25) is 0 Å². The van der Waals surface area contributed by atoms with E-state index in [-0.39, 0.29) is 22.3 Å². The normalized spacial score (nSPS) is 12.1. The smallest absolute Gasteiger partial charge is 0.416 e. The summed E-state index contributed by atoms with van der Waals surface area (Å²) in [6, 6.07) is 16.2. The zero-order valence-electron chi connectivity index (χ0n) is 16.2. The van der Waals surface area contributed by atoms with Gasteiger partial charge in [0.1, 0.15) is 5.75 Å². The van der Waals surface area contributed by atoms with E-state index < -0.39 is 21.8 Å². The van der Waals surface area contributed by atoms with Gasteiger partial charge in [-0.15, -0.1) is 5.10 Å². The van der Waals surface area contributed by atoms with Crippen LogP contribution in [0.5, 0.6) is 5.75 Å². The maximum Gasteiger partial charge on any atom is 0.416 e. The average molecular weight is 460 g/mol. The maximum absolute atomic E-state index is 12.9. The van der Waals surface area contributed by atoms with Gasteiger partial charge in [0.15, 0.2) is 11.6 Å². The Morgan fingerprint density at radius 3 is 2.09 bits per heavy atom. The Morgan fingerprint density at radius 2 is 1.53 bits per heavy atom. The molecule has 1 aromatic heterocycles. The third kappa shape index (κ3) is 4.20. The van der Waals surface area contributed by atoms with E-state index in [0.29, 0.717) is 16.8 Å². The van der Waals surface area contributed by atoms with Crippen LogP contribution in [0.4, 0.5) is 13.2 Å². The van der Waals surface area contributed by atoms with Gasteiger partial charge in [0.2, 0.25) is 10.0 Å². The Hall–Kier alpha value is -3.70. The number of primary sulfonamides is 1. The number of hydrogen-bond acceptors (Lipinski definition) is 5. The highest BCUT2D eigenvalue weighted by molar-refractivity contribution is 7.89. The molecule has 0 aliphatic carbocycles. The lowest BCUT2D eigenvalue weighted by atomic mass is 10.1. The maximum atomic E-state index is 12.9. The molecule has 1 heterocycles. The Balaban J connectivity index is 1.85. The van der Waals surface area contributed by atoms with Crippen molar-refractivity contribution in [2.75, 3.05) is 0 Å². The van der Waals surface area contributed by atoms with E-state index in [2.05, 4.69) is 10.1 Å². The zero-order valence-corrected chi connectivity index (χ0v) is 17.0. The summed E-state index contributed by atoms with van der Waals surface area (Å²) in [4.78, 5) is 4.32. The van der Waals surface area contributed by atoms with Gasteiger partial charge in [0.25, 0.3) is 0 Å². The number of aromatic hydroxyl groups is 1. The van der Waals surface area contributed by atoms with Gasteiger partial charge in [-0.1, -0.05) is 24.3 Å². The number of nitrogens with zero attached hydrogens (tertiary/aromatic N) is 3. The second-order valence-electron chi connectivity index (χ2n) is 6.80. The van der Waals surface area contributed by atoms with Crippen LogP contribution < -0.4 is 5.14 Å². The third-order valence-electron chi connectivity index (χ3n) is 4.63. The molecule has 0 bridgehead atoms. The molecule has 0 fully saturated rings. The van der Waals surface area contributed by atoms with Gasteiger partial charge in [0.05, 0.1) is 21.7 Å². The predicted octanol–water partition coefficient (Wildman–Crippen LogP) is 3.97. The molecule has 3 N–H and O–H groups in total. The highest BCUT2D eigenvalue weighted by Crippen LogP contribution is 2.33. The summed E-state index contributed by atoms with van der Waals surface area (Å²) >= 11 is 0. The van der Waals surface area contributed by atoms with Crippen molar-refractivity contribution >= 4 is 10.0 Å². The number of nitrogens with two attached hydrogens (primary N) is 1. The molecule has 0 unspecified atom stereocenters. The van der Waals surface area contributed by atoms with Crippen LogP contribution in [0.25, 0.3) is 28.5 Å². The van der Waals surface area contributed by atoms with E-state index in [4.69, 9.17) is 5.14 Å². The summed E-state index contributed by atoms with van der Waals surface area (Å²) in [6.45, 7) is 0. The number of para-hydroxylation sites is 1. The topological polar surface area (TPSA) is 111 Å². The Kier molecular flexibility index (Phi) is 5.23. The highest BCUT2D eigenvalue weighted by Gasteiger charge is 2.30. The molecule has 0 spiro atoms. The number of benzene rings is 3. The lowest BCUT2D eigenvalue weighted by Gasteiger charge is -2.08. The molecule has 11 heteroatoms. The van der Waals surface area contributed by atoms with Crippen LogP contribution in [0.15, 0.2) is 77.7 Å². The van der Waals surface area contributed by atoms with E-state index in [0.717, 1.165) is 12.1 Å². The van der Waals surface area contributed by atoms with Crippen LogP contribution in [-0.2, 0) is 16.2 Å². The van der Waals surface area contributed by atoms with Crippen LogP contribution in [0.1, 0.15) is 5.56 Å². The fourth-order valence-electron chi connectivity index (χ4n) is 3.04. The number of hydrogen-bond donors (Lipinski definition) is 2. The summed E-state index contributed by atoms with van der Waals surface area (Å²) in [5, 5.41) is 19.8. The molecule has 164 valence electrons. The van der Waals surface area contributed by atoms with Crippen molar-refractivity contribution in [1.29, 1.82) is 0 Å². The molecule has 0 saturated carbocycles. The molecule has 0 saturated heterocycles. The third-order valence-corrected chi connectivity index (χ3v) is 5.56. The molecular weight excluding hydrogens is 445 g/mol. The van der Waals surface area contributed by atoms with Crippen LogP contribution >= 0.6 is 0 Å². The number of halogens is 3. The molecule has 3 aromatic carbocycles. The molecule has 0 aliphatic rings. The number of rotatable bonds is 4. The standard InChI is InChI=1S/C21H15F3N4O3S/c22-21(23,24)14-7-5-13(6-8-14)19-26-20(17-3-1-2-4-18(17)29)28(27-19)15-9-11-16(12-10-15)32(25,30)31/h1-12,29H,(H2,25,30,31). The molecule has 4 rings (SSSR count). The highest BCUT2D eigenvalue weighted by atomic mass is 32.2. The fraction of sp³-hybridized carbons (Fsp3) is 0.0476. The van der Waals surface area contributed by atoms with E-state index in [9.17, 15) is 26.7 Å². The van der Waals surface area contributed by atoms with Crippen molar-refractivity contribution in [1.82, 2.24) is 14.8 Å². The number of phenols is 1. The molecule has 0 amide bonds. The molecule has 0 radical (unpaired) electrons. The lowest BCUT2D eigenvalue weighted by Crippen LogP contribution is -2.12. The fourth-order valence-corrected chi connectivity index (χ4v) is 3.55. The average Bonchev–Trinajstić information content (AvgIpc) is 3.18. The quantitative estimate of drug-likeness (QED) is 0.479. The van der Waals surface area contributed by atoms with Crippen LogP contribution in [0.2, 0.25) is 0 Å². The molecule has 7 nitrogen and oxygen atoms in total. The van der Waals surface area contributed by atoms with Crippen molar-refractivity contribution in [2.24, 2.45) is 5.14 Å². The summed E-state index contributed by atoms with van der Waals surface area (Å²) in [5.41, 5.74) is 0.254. The van der Waals surface area contributed by atoms with Crippen molar-refractivity contribution in [3.8, 4) is 34.2 Å². The number of phenolic OH excluding ortho intramolecular Hbond substituents is 1. The minimum atomic E-state index is -4.47. The van der Waals surface area contributed by atoms with Crippen molar-refractivity contribution < 1.29 is 26.7 Å². The lowest BCUT2D eigenvalue weighted by molar-refractivity contribution is -0.137. The van der Waals surface area contributed by atoms with Crippen molar-refractivity contribution in [3.63, 3.8) is 0 Å². The Bertz CT molecular complexity index is 1380. The van der Waals surface area contributed by atoms with Crippen LogP contribution in [-0.4, -0.2) is 28.3 Å². The minimum absolute atomic E-state index is 0.0822. The zero-order chi connectivity index (χ0) is 23.1. The first-order valence-corrected chi connectivity index (χ1v) is 10.6.